The summed E-state index contributed by atoms with van der Waals surface area (Å²) in [5, 5.41) is 8.16. The molecule has 160 valence electrons. The highest BCUT2D eigenvalue weighted by atomic mass is 32.1. The van der Waals surface area contributed by atoms with Crippen molar-refractivity contribution in [2.45, 2.75) is 39.2 Å². The van der Waals surface area contributed by atoms with Gasteiger partial charge >= 0.3 is 0 Å². The third-order valence-corrected chi connectivity index (χ3v) is 6.36. The van der Waals surface area contributed by atoms with E-state index in [1.54, 1.807) is 18.1 Å². The van der Waals surface area contributed by atoms with Crippen molar-refractivity contribution in [2.75, 3.05) is 12.0 Å². The molecule has 31 heavy (non-hydrogen) atoms. The number of thiazole rings is 1. The summed E-state index contributed by atoms with van der Waals surface area (Å²) in [6, 6.07) is 7.39. The fraction of sp³-hybridized carbons (Fsp3) is 0.292. The van der Waals surface area contributed by atoms with Gasteiger partial charge in [-0.3, -0.25) is 14.8 Å². The summed E-state index contributed by atoms with van der Waals surface area (Å²) in [5.74, 6) is 0.544. The number of rotatable bonds is 5. The van der Waals surface area contributed by atoms with Gasteiger partial charge in [0.25, 0.3) is 5.91 Å². The van der Waals surface area contributed by atoms with Crippen LogP contribution in [0.15, 0.2) is 36.9 Å². The quantitative estimate of drug-likeness (QED) is 0.567. The SMILES string of the molecule is C=Cc1nc(N2C(=O)c3n[nH]c(C(C)(C)C)c3C2c2ccccc2OC)sc1/C=C\C. The molecule has 1 amide bonds. The van der Waals surface area contributed by atoms with Crippen molar-refractivity contribution >= 4 is 34.5 Å². The molecule has 1 aliphatic rings. The van der Waals surface area contributed by atoms with Gasteiger partial charge in [-0.05, 0) is 25.1 Å². The van der Waals surface area contributed by atoms with Gasteiger partial charge in [0.1, 0.15) is 5.75 Å². The number of carbonyl (C=O) groups excluding carboxylic acids is 1. The Kier molecular flexibility index (Phi) is 5.31. The van der Waals surface area contributed by atoms with E-state index in [4.69, 9.17) is 9.72 Å². The number of para-hydroxylation sites is 1. The van der Waals surface area contributed by atoms with Gasteiger partial charge in [0.15, 0.2) is 10.8 Å². The Hall–Kier alpha value is -3.19. The lowest BCUT2D eigenvalue weighted by Crippen LogP contribution is -2.30. The number of benzene rings is 1. The van der Waals surface area contributed by atoms with Crippen LogP contribution in [0.5, 0.6) is 5.75 Å². The van der Waals surface area contributed by atoms with Crippen LogP contribution in [0.25, 0.3) is 12.2 Å². The van der Waals surface area contributed by atoms with Gasteiger partial charge in [-0.15, -0.1) is 0 Å². The van der Waals surface area contributed by atoms with Crippen LogP contribution in [0.4, 0.5) is 5.13 Å². The molecule has 4 rings (SSSR count). The molecule has 1 atom stereocenters. The number of fused-ring (bicyclic) bond motifs is 1. The normalized spacial score (nSPS) is 16.2. The van der Waals surface area contributed by atoms with Crippen LogP contribution in [0.2, 0.25) is 0 Å². The van der Waals surface area contributed by atoms with Crippen LogP contribution < -0.4 is 9.64 Å². The lowest BCUT2D eigenvalue weighted by atomic mass is 9.85. The maximum absolute atomic E-state index is 13.6. The standard InChI is InChI=1S/C24H26N4O2S/c1-7-11-17-15(8-2)25-23(31-17)28-20(14-12-9-10-13-16(14)30-6)18-19(22(28)29)26-27-21(18)24(3,4)5/h7-13,20H,2H2,1,3-6H3,(H,26,27)/b11-7-. The van der Waals surface area contributed by atoms with Crippen molar-refractivity contribution in [1.82, 2.24) is 15.2 Å². The minimum absolute atomic E-state index is 0.172. The molecular weight excluding hydrogens is 408 g/mol. The fourth-order valence-electron chi connectivity index (χ4n) is 3.95. The molecule has 0 saturated heterocycles. The highest BCUT2D eigenvalue weighted by Gasteiger charge is 2.47. The molecular formula is C24H26N4O2S. The molecule has 0 fully saturated rings. The molecule has 6 nitrogen and oxygen atoms in total. The highest BCUT2D eigenvalue weighted by Crippen LogP contribution is 2.48. The predicted molar refractivity (Wildman–Crippen MR) is 126 cm³/mol. The van der Waals surface area contributed by atoms with Gasteiger partial charge in [0.2, 0.25) is 0 Å². The molecule has 1 N–H and O–H groups in total. The molecule has 1 unspecified atom stereocenters. The lowest BCUT2D eigenvalue weighted by Gasteiger charge is -2.27. The molecule has 3 heterocycles. The second kappa shape index (κ2) is 7.81. The number of anilines is 1. The zero-order valence-corrected chi connectivity index (χ0v) is 19.2. The van der Waals surface area contributed by atoms with E-state index < -0.39 is 6.04 Å². The Morgan fingerprint density at radius 2 is 2.03 bits per heavy atom. The number of ether oxygens (including phenoxy) is 1. The zero-order valence-electron chi connectivity index (χ0n) is 18.4. The molecule has 0 aliphatic carbocycles. The van der Waals surface area contributed by atoms with E-state index in [1.807, 2.05) is 43.3 Å². The molecule has 0 radical (unpaired) electrons. The number of carbonyl (C=O) groups is 1. The summed E-state index contributed by atoms with van der Waals surface area (Å²) in [5.41, 5.74) is 3.68. The van der Waals surface area contributed by atoms with Crippen LogP contribution in [0.1, 0.15) is 71.6 Å². The third-order valence-electron chi connectivity index (χ3n) is 5.33. The second-order valence-electron chi connectivity index (χ2n) is 8.38. The maximum Gasteiger partial charge on any atom is 0.281 e. The van der Waals surface area contributed by atoms with E-state index in [0.717, 1.165) is 27.4 Å². The molecule has 1 aliphatic heterocycles. The summed E-state index contributed by atoms with van der Waals surface area (Å²) >= 11 is 1.47. The smallest absolute Gasteiger partial charge is 0.281 e. The lowest BCUT2D eigenvalue weighted by molar-refractivity contribution is 0.0988. The van der Waals surface area contributed by atoms with Gasteiger partial charge in [-0.25, -0.2) is 4.98 Å². The van der Waals surface area contributed by atoms with Crippen LogP contribution in [-0.2, 0) is 5.41 Å². The number of nitrogens with one attached hydrogen (secondary N) is 1. The molecule has 2 aromatic heterocycles. The van der Waals surface area contributed by atoms with E-state index in [9.17, 15) is 4.79 Å². The topological polar surface area (TPSA) is 71.1 Å². The van der Waals surface area contributed by atoms with Gasteiger partial charge in [0.05, 0.1) is 23.7 Å². The average Bonchev–Trinajstić information content (AvgIpc) is 3.41. The van der Waals surface area contributed by atoms with Crippen molar-refractivity contribution in [3.63, 3.8) is 0 Å². The van der Waals surface area contributed by atoms with Crippen molar-refractivity contribution in [3.05, 3.63) is 70.0 Å². The number of aromatic amines is 1. The molecule has 0 spiro atoms. The van der Waals surface area contributed by atoms with Crippen LogP contribution in [-0.4, -0.2) is 28.2 Å². The first-order chi connectivity index (χ1) is 14.8. The van der Waals surface area contributed by atoms with Crippen LogP contribution >= 0.6 is 11.3 Å². The number of nitrogens with zero attached hydrogens (tertiary/aromatic N) is 3. The van der Waals surface area contributed by atoms with Crippen molar-refractivity contribution in [3.8, 4) is 5.75 Å². The van der Waals surface area contributed by atoms with Crippen LogP contribution in [0.3, 0.4) is 0 Å². The first-order valence-electron chi connectivity index (χ1n) is 10.1. The third kappa shape index (κ3) is 3.39. The first kappa shape index (κ1) is 21.1. The van der Waals surface area contributed by atoms with Crippen LogP contribution in [0, 0.1) is 0 Å². The summed E-state index contributed by atoms with van der Waals surface area (Å²) in [7, 11) is 1.64. The molecule has 1 aromatic carbocycles. The summed E-state index contributed by atoms with van der Waals surface area (Å²) in [6.07, 6.45) is 5.65. The summed E-state index contributed by atoms with van der Waals surface area (Å²) in [4.78, 5) is 21.1. The number of hydrogen-bond donors (Lipinski definition) is 1. The van der Waals surface area contributed by atoms with E-state index in [2.05, 4.69) is 37.5 Å². The molecule has 7 heteroatoms. The van der Waals surface area contributed by atoms with Gasteiger partial charge in [0, 0.05) is 22.2 Å². The zero-order chi connectivity index (χ0) is 22.3. The largest absolute Gasteiger partial charge is 0.496 e. The number of methoxy groups -OCH3 is 1. The molecule has 0 bridgehead atoms. The predicted octanol–water partition coefficient (Wildman–Crippen LogP) is 5.60. The second-order valence-corrected chi connectivity index (χ2v) is 9.39. The summed E-state index contributed by atoms with van der Waals surface area (Å²) in [6.45, 7) is 12.2. The Balaban J connectivity index is 1.98. The number of H-pyrrole nitrogens is 1. The summed E-state index contributed by atoms with van der Waals surface area (Å²) < 4.78 is 5.67. The van der Waals surface area contributed by atoms with Gasteiger partial charge in [-0.1, -0.05) is 63.0 Å². The van der Waals surface area contributed by atoms with E-state index >= 15 is 0 Å². The minimum Gasteiger partial charge on any atom is -0.496 e. The fourth-order valence-corrected chi connectivity index (χ4v) is 5.01. The number of amides is 1. The van der Waals surface area contributed by atoms with Crippen molar-refractivity contribution < 1.29 is 9.53 Å². The monoisotopic (exact) mass is 434 g/mol. The van der Waals surface area contributed by atoms with E-state index in [-0.39, 0.29) is 11.3 Å². The maximum atomic E-state index is 13.6. The van der Waals surface area contributed by atoms with E-state index in [1.165, 1.54) is 11.3 Å². The average molecular weight is 435 g/mol. The Bertz CT molecular complexity index is 1180. The minimum atomic E-state index is -0.395. The molecule has 0 saturated carbocycles. The number of hydrogen-bond acceptors (Lipinski definition) is 5. The van der Waals surface area contributed by atoms with Gasteiger partial charge < -0.3 is 4.74 Å². The van der Waals surface area contributed by atoms with Gasteiger partial charge in [-0.2, -0.15) is 5.10 Å². The highest BCUT2D eigenvalue weighted by molar-refractivity contribution is 7.16. The first-order valence-corrected chi connectivity index (χ1v) is 10.9. The number of aromatic nitrogens is 3. The Labute approximate surface area is 186 Å². The Morgan fingerprint density at radius 1 is 1.29 bits per heavy atom. The Morgan fingerprint density at radius 3 is 2.68 bits per heavy atom. The van der Waals surface area contributed by atoms with E-state index in [0.29, 0.717) is 16.6 Å². The molecule has 3 aromatic rings. The number of allylic oxidation sites excluding steroid dienone is 1. The van der Waals surface area contributed by atoms with Crippen molar-refractivity contribution in [1.29, 1.82) is 0 Å². The van der Waals surface area contributed by atoms with Crippen molar-refractivity contribution in [2.24, 2.45) is 0 Å².